The van der Waals surface area contributed by atoms with Gasteiger partial charge in [0.2, 0.25) is 5.76 Å². The molecule has 8 heteroatoms. The Morgan fingerprint density at radius 3 is 2.71 bits per heavy atom. The van der Waals surface area contributed by atoms with Crippen LogP contribution < -0.4 is 10.2 Å². The number of hydrazone groups is 1. The number of aryl methyl sites for hydroxylation is 1. The van der Waals surface area contributed by atoms with Crippen molar-refractivity contribution in [1.29, 1.82) is 0 Å². The van der Waals surface area contributed by atoms with Gasteiger partial charge in [-0.05, 0) is 56.2 Å². The highest BCUT2D eigenvalue weighted by molar-refractivity contribution is 9.10. The molecule has 0 atom stereocenters. The Bertz CT molecular complexity index is 1440. The quantitative estimate of drug-likeness (QED) is 0.216. The highest BCUT2D eigenvalue weighted by Crippen LogP contribution is 2.31. The van der Waals surface area contributed by atoms with Gasteiger partial charge < -0.3 is 9.15 Å². The number of halogens is 1. The number of pyridine rings is 1. The van der Waals surface area contributed by atoms with Crippen molar-refractivity contribution < 1.29 is 18.7 Å². The van der Waals surface area contributed by atoms with Crippen molar-refractivity contribution in [1.82, 2.24) is 10.4 Å². The summed E-state index contributed by atoms with van der Waals surface area (Å²) in [7, 11) is 0. The number of hydrogen-bond acceptors (Lipinski definition) is 6. The Morgan fingerprint density at radius 2 is 1.88 bits per heavy atom. The molecule has 2 heterocycles. The third kappa shape index (κ3) is 4.24. The van der Waals surface area contributed by atoms with Crippen LogP contribution in [0.4, 0.5) is 0 Å². The molecule has 0 saturated carbocycles. The lowest BCUT2D eigenvalue weighted by atomic mass is 9.93. The standard InChI is InChI=1S/C26H20BrN3O4/c1-15-22-19(29-30-25(31)17-10-12-18(27)13-11-17)7-3-8-20(22)33-24(15)26(32)34-21-9-2-5-16-6-4-14-28-23(16)21/h2,4-6,9-14H,3,7-8H2,1H3,(H,30,31)/b29-19+. The molecule has 0 unspecified atom stereocenters. The van der Waals surface area contributed by atoms with Gasteiger partial charge in [0.05, 0.1) is 5.71 Å². The number of amides is 1. The molecular formula is C26H20BrN3O4. The third-order valence-corrected chi connectivity index (χ3v) is 6.24. The van der Waals surface area contributed by atoms with E-state index in [2.05, 4.69) is 31.4 Å². The number of aromatic nitrogens is 1. The van der Waals surface area contributed by atoms with Crippen LogP contribution in [0.25, 0.3) is 10.9 Å². The van der Waals surface area contributed by atoms with E-state index in [1.165, 1.54) is 0 Å². The summed E-state index contributed by atoms with van der Waals surface area (Å²) in [4.78, 5) is 29.8. The van der Waals surface area contributed by atoms with E-state index in [0.29, 0.717) is 46.7 Å². The van der Waals surface area contributed by atoms with E-state index in [9.17, 15) is 9.59 Å². The van der Waals surface area contributed by atoms with Gasteiger partial charge in [-0.15, -0.1) is 0 Å². The summed E-state index contributed by atoms with van der Waals surface area (Å²) in [5.74, 6) is 0.266. The van der Waals surface area contributed by atoms with Gasteiger partial charge in [-0.25, -0.2) is 10.2 Å². The molecule has 34 heavy (non-hydrogen) atoms. The molecule has 0 saturated heterocycles. The first kappa shape index (κ1) is 22.0. The first-order chi connectivity index (χ1) is 16.5. The minimum absolute atomic E-state index is 0.131. The Hall–Kier alpha value is -3.78. The first-order valence-corrected chi connectivity index (χ1v) is 11.6. The largest absolute Gasteiger partial charge is 0.453 e. The van der Waals surface area contributed by atoms with Crippen LogP contribution in [0, 0.1) is 6.92 Å². The van der Waals surface area contributed by atoms with E-state index < -0.39 is 5.97 Å². The van der Waals surface area contributed by atoms with Crippen molar-refractivity contribution in [3.05, 3.63) is 93.5 Å². The summed E-state index contributed by atoms with van der Waals surface area (Å²) < 4.78 is 12.5. The molecule has 1 amide bonds. The van der Waals surface area contributed by atoms with Crippen LogP contribution in [0.3, 0.4) is 0 Å². The SMILES string of the molecule is Cc1c(C(=O)Oc2cccc3cccnc23)oc2c1/C(=N/NC(=O)c1ccc(Br)cc1)CCC2. The van der Waals surface area contributed by atoms with E-state index in [1.807, 2.05) is 24.3 Å². The van der Waals surface area contributed by atoms with Crippen LogP contribution in [0.15, 0.2) is 74.8 Å². The number of carbonyl (C=O) groups is 2. The summed E-state index contributed by atoms with van der Waals surface area (Å²) in [6.07, 6.45) is 3.80. The Balaban J connectivity index is 1.40. The Morgan fingerprint density at radius 1 is 1.09 bits per heavy atom. The van der Waals surface area contributed by atoms with Crippen molar-refractivity contribution in [2.45, 2.75) is 26.2 Å². The fourth-order valence-electron chi connectivity index (χ4n) is 4.06. The lowest BCUT2D eigenvalue weighted by Crippen LogP contribution is -2.22. The Kier molecular flexibility index (Phi) is 5.98. The highest BCUT2D eigenvalue weighted by Gasteiger charge is 2.29. The number of rotatable bonds is 4. The smallest absolute Gasteiger partial charge is 0.380 e. The summed E-state index contributed by atoms with van der Waals surface area (Å²) >= 11 is 3.36. The summed E-state index contributed by atoms with van der Waals surface area (Å²) in [6, 6.07) is 16.2. The highest BCUT2D eigenvalue weighted by atomic mass is 79.9. The molecule has 5 rings (SSSR count). The van der Waals surface area contributed by atoms with Gasteiger partial charge in [-0.2, -0.15) is 5.10 Å². The van der Waals surface area contributed by atoms with E-state index in [-0.39, 0.29) is 11.7 Å². The van der Waals surface area contributed by atoms with E-state index in [4.69, 9.17) is 9.15 Å². The molecule has 4 aromatic rings. The van der Waals surface area contributed by atoms with Crippen LogP contribution >= 0.6 is 15.9 Å². The molecular weight excluding hydrogens is 498 g/mol. The molecule has 7 nitrogen and oxygen atoms in total. The maximum atomic E-state index is 13.0. The number of nitrogens with zero attached hydrogens (tertiary/aromatic N) is 2. The first-order valence-electron chi connectivity index (χ1n) is 10.8. The molecule has 1 N–H and O–H groups in total. The minimum atomic E-state index is -0.594. The fraction of sp³-hybridized carbons (Fsp3) is 0.154. The number of ether oxygens (including phenoxy) is 1. The van der Waals surface area contributed by atoms with Gasteiger partial charge >= 0.3 is 5.97 Å². The van der Waals surface area contributed by atoms with Gasteiger partial charge in [0.15, 0.2) is 5.75 Å². The average Bonchev–Trinajstić information content (AvgIpc) is 3.20. The molecule has 1 aliphatic rings. The third-order valence-electron chi connectivity index (χ3n) is 5.71. The van der Waals surface area contributed by atoms with Crippen molar-refractivity contribution in [2.24, 2.45) is 5.10 Å². The molecule has 2 aromatic carbocycles. The number of para-hydroxylation sites is 1. The van der Waals surface area contributed by atoms with Crippen molar-refractivity contribution >= 4 is 44.4 Å². The molecule has 170 valence electrons. The number of nitrogens with one attached hydrogen (secondary N) is 1. The maximum Gasteiger partial charge on any atom is 0.380 e. The maximum absolute atomic E-state index is 13.0. The monoisotopic (exact) mass is 517 g/mol. The zero-order valence-corrected chi connectivity index (χ0v) is 19.9. The summed E-state index contributed by atoms with van der Waals surface area (Å²) in [6.45, 7) is 1.80. The molecule has 0 fully saturated rings. The van der Waals surface area contributed by atoms with Crippen molar-refractivity contribution in [2.75, 3.05) is 0 Å². The fourth-order valence-corrected chi connectivity index (χ4v) is 4.33. The second-order valence-corrected chi connectivity index (χ2v) is 8.85. The molecule has 1 aliphatic carbocycles. The van der Waals surface area contributed by atoms with Gasteiger partial charge in [-0.1, -0.05) is 34.1 Å². The van der Waals surface area contributed by atoms with E-state index in [0.717, 1.165) is 21.8 Å². The lowest BCUT2D eigenvalue weighted by molar-refractivity contribution is 0.0700. The topological polar surface area (TPSA) is 93.8 Å². The predicted octanol–water partition coefficient (Wildman–Crippen LogP) is 5.59. The average molecular weight is 518 g/mol. The predicted molar refractivity (Wildman–Crippen MR) is 131 cm³/mol. The van der Waals surface area contributed by atoms with Crippen LogP contribution in [0.5, 0.6) is 5.75 Å². The van der Waals surface area contributed by atoms with Gasteiger partial charge in [-0.3, -0.25) is 9.78 Å². The molecule has 0 aliphatic heterocycles. The van der Waals surface area contributed by atoms with Gasteiger partial charge in [0.25, 0.3) is 5.91 Å². The van der Waals surface area contributed by atoms with Crippen molar-refractivity contribution in [3.63, 3.8) is 0 Å². The normalized spacial score (nSPS) is 14.1. The number of fused-ring (bicyclic) bond motifs is 2. The van der Waals surface area contributed by atoms with E-state index >= 15 is 0 Å². The number of furan rings is 1. The summed E-state index contributed by atoms with van der Waals surface area (Å²) in [5.41, 5.74) is 5.80. The minimum Gasteiger partial charge on any atom is -0.453 e. The second kappa shape index (κ2) is 9.23. The number of esters is 1. The van der Waals surface area contributed by atoms with Crippen LogP contribution in [0.2, 0.25) is 0 Å². The zero-order valence-electron chi connectivity index (χ0n) is 18.3. The van der Waals surface area contributed by atoms with Gasteiger partial charge in [0, 0.05) is 39.2 Å². The van der Waals surface area contributed by atoms with Crippen molar-refractivity contribution in [3.8, 4) is 5.75 Å². The Labute approximate surface area is 204 Å². The van der Waals surface area contributed by atoms with Crippen LogP contribution in [0.1, 0.15) is 50.6 Å². The zero-order chi connectivity index (χ0) is 23.7. The second-order valence-electron chi connectivity index (χ2n) is 7.94. The van der Waals surface area contributed by atoms with Crippen LogP contribution in [-0.2, 0) is 6.42 Å². The van der Waals surface area contributed by atoms with Crippen LogP contribution in [-0.4, -0.2) is 22.6 Å². The molecule has 0 radical (unpaired) electrons. The number of hydrogen-bond donors (Lipinski definition) is 1. The number of benzene rings is 2. The molecule has 0 spiro atoms. The summed E-state index contributed by atoms with van der Waals surface area (Å²) in [5, 5.41) is 5.24. The molecule has 2 aromatic heterocycles. The van der Waals surface area contributed by atoms with Gasteiger partial charge in [0.1, 0.15) is 11.3 Å². The lowest BCUT2D eigenvalue weighted by Gasteiger charge is -2.13. The number of carbonyl (C=O) groups excluding carboxylic acids is 2. The molecule has 0 bridgehead atoms. The van der Waals surface area contributed by atoms with E-state index in [1.54, 1.807) is 43.5 Å².